The van der Waals surface area contributed by atoms with E-state index in [2.05, 4.69) is 10.3 Å². The summed E-state index contributed by atoms with van der Waals surface area (Å²) in [6, 6.07) is 12.0. The molecule has 2 aromatic rings. The average molecular weight is 372 g/mol. The Hall–Kier alpha value is -1.82. The number of aromatic nitrogens is 1. The number of nitrogens with one attached hydrogen (secondary N) is 1. The molecular weight excluding hydrogens is 349 g/mol. The Balaban J connectivity index is 0.00000264. The largest absolute Gasteiger partial charge is 0.439 e. The number of benzene rings is 1. The van der Waals surface area contributed by atoms with Crippen molar-refractivity contribution in [3.8, 4) is 11.6 Å². The zero-order valence-electron chi connectivity index (χ0n) is 13.9. The SMILES string of the molecule is CC(C)(C)[C@H](N)C(=O)Nc1cccc(Oc2ccccn2)c1.Cl.Cl. The second-order valence-corrected chi connectivity index (χ2v) is 6.13. The van der Waals surface area contributed by atoms with Gasteiger partial charge in [0.25, 0.3) is 0 Å². The molecule has 0 aliphatic carbocycles. The van der Waals surface area contributed by atoms with Crippen molar-refractivity contribution in [1.29, 1.82) is 0 Å². The number of amides is 1. The van der Waals surface area contributed by atoms with Gasteiger partial charge >= 0.3 is 0 Å². The first-order chi connectivity index (χ1) is 10.4. The molecule has 0 radical (unpaired) electrons. The predicted molar refractivity (Wildman–Crippen MR) is 101 cm³/mol. The van der Waals surface area contributed by atoms with E-state index in [1.54, 1.807) is 36.5 Å². The molecule has 1 heterocycles. The van der Waals surface area contributed by atoms with E-state index in [1.807, 2.05) is 32.9 Å². The van der Waals surface area contributed by atoms with Crippen LogP contribution in [-0.2, 0) is 4.79 Å². The lowest BCUT2D eigenvalue weighted by Gasteiger charge is -2.25. The highest BCUT2D eigenvalue weighted by Crippen LogP contribution is 2.24. The van der Waals surface area contributed by atoms with Gasteiger partial charge in [-0.3, -0.25) is 4.79 Å². The fourth-order valence-electron chi connectivity index (χ4n) is 1.78. The Bertz CT molecular complexity index is 646. The molecular formula is C17H23Cl2N3O2. The number of rotatable bonds is 4. The van der Waals surface area contributed by atoms with Gasteiger partial charge in [-0.15, -0.1) is 24.8 Å². The molecule has 1 aromatic heterocycles. The van der Waals surface area contributed by atoms with Gasteiger partial charge in [0.05, 0.1) is 6.04 Å². The molecule has 3 N–H and O–H groups in total. The second kappa shape index (κ2) is 9.47. The highest BCUT2D eigenvalue weighted by Gasteiger charge is 2.27. The van der Waals surface area contributed by atoms with Gasteiger partial charge in [0.15, 0.2) is 0 Å². The molecule has 24 heavy (non-hydrogen) atoms. The van der Waals surface area contributed by atoms with Gasteiger partial charge in [0.1, 0.15) is 5.75 Å². The number of pyridine rings is 1. The maximum atomic E-state index is 12.1. The first kappa shape index (κ1) is 22.2. The van der Waals surface area contributed by atoms with E-state index in [0.717, 1.165) is 0 Å². The van der Waals surface area contributed by atoms with Gasteiger partial charge in [0, 0.05) is 24.0 Å². The predicted octanol–water partition coefficient (Wildman–Crippen LogP) is 4.03. The van der Waals surface area contributed by atoms with Gasteiger partial charge in [-0.2, -0.15) is 0 Å². The van der Waals surface area contributed by atoms with Crippen molar-refractivity contribution in [2.45, 2.75) is 26.8 Å². The molecule has 0 saturated heterocycles. The fourth-order valence-corrected chi connectivity index (χ4v) is 1.78. The summed E-state index contributed by atoms with van der Waals surface area (Å²) in [6.07, 6.45) is 1.66. The van der Waals surface area contributed by atoms with Crippen LogP contribution in [0.3, 0.4) is 0 Å². The number of carbonyl (C=O) groups excluding carboxylic acids is 1. The lowest BCUT2D eigenvalue weighted by Crippen LogP contribution is -2.45. The van der Waals surface area contributed by atoms with E-state index in [4.69, 9.17) is 10.5 Å². The lowest BCUT2D eigenvalue weighted by molar-refractivity contribution is -0.119. The molecule has 7 heteroatoms. The van der Waals surface area contributed by atoms with E-state index < -0.39 is 6.04 Å². The molecule has 5 nitrogen and oxygen atoms in total. The summed E-state index contributed by atoms with van der Waals surface area (Å²) in [5, 5.41) is 2.81. The van der Waals surface area contributed by atoms with Crippen LogP contribution in [0.4, 0.5) is 5.69 Å². The Morgan fingerprint density at radius 3 is 2.46 bits per heavy atom. The number of halogens is 2. The minimum Gasteiger partial charge on any atom is -0.439 e. The minimum atomic E-state index is -0.590. The fraction of sp³-hybridized carbons (Fsp3) is 0.294. The van der Waals surface area contributed by atoms with Crippen LogP contribution >= 0.6 is 24.8 Å². The summed E-state index contributed by atoms with van der Waals surface area (Å²) >= 11 is 0. The van der Waals surface area contributed by atoms with Crippen LogP contribution < -0.4 is 15.8 Å². The van der Waals surface area contributed by atoms with E-state index >= 15 is 0 Å². The highest BCUT2D eigenvalue weighted by atomic mass is 35.5. The standard InChI is InChI=1S/C17H21N3O2.2ClH/c1-17(2,3)15(18)16(21)20-12-7-6-8-13(11-12)22-14-9-4-5-10-19-14;;/h4-11,15H,18H2,1-3H3,(H,20,21);2*1H/t15-;;/m1../s1. The van der Waals surface area contributed by atoms with Crippen LogP contribution in [0.1, 0.15) is 20.8 Å². The minimum absolute atomic E-state index is 0. The smallest absolute Gasteiger partial charge is 0.241 e. The lowest BCUT2D eigenvalue weighted by atomic mass is 9.87. The van der Waals surface area contributed by atoms with Crippen molar-refractivity contribution >= 4 is 36.4 Å². The molecule has 1 atom stereocenters. The van der Waals surface area contributed by atoms with Crippen molar-refractivity contribution < 1.29 is 9.53 Å². The average Bonchev–Trinajstić information content (AvgIpc) is 2.47. The van der Waals surface area contributed by atoms with E-state index in [-0.39, 0.29) is 36.1 Å². The number of hydrogen-bond donors (Lipinski definition) is 2. The molecule has 0 spiro atoms. The Morgan fingerprint density at radius 2 is 1.88 bits per heavy atom. The summed E-state index contributed by atoms with van der Waals surface area (Å²) in [7, 11) is 0. The Labute approximate surface area is 154 Å². The summed E-state index contributed by atoms with van der Waals surface area (Å²) < 4.78 is 5.63. The third-order valence-corrected chi connectivity index (χ3v) is 3.18. The van der Waals surface area contributed by atoms with Gasteiger partial charge < -0.3 is 15.8 Å². The number of ether oxygens (including phenoxy) is 1. The molecule has 2 rings (SSSR count). The monoisotopic (exact) mass is 371 g/mol. The van der Waals surface area contributed by atoms with E-state index in [1.165, 1.54) is 0 Å². The quantitative estimate of drug-likeness (QED) is 0.850. The van der Waals surface area contributed by atoms with E-state index in [0.29, 0.717) is 17.3 Å². The third kappa shape index (κ3) is 6.35. The Kier molecular flexibility index (Phi) is 8.75. The second-order valence-electron chi connectivity index (χ2n) is 6.13. The number of nitrogens with zero attached hydrogens (tertiary/aromatic N) is 1. The molecule has 0 fully saturated rings. The number of carbonyl (C=O) groups is 1. The van der Waals surface area contributed by atoms with Crippen LogP contribution in [0.15, 0.2) is 48.7 Å². The topological polar surface area (TPSA) is 77.2 Å². The molecule has 1 amide bonds. The summed E-state index contributed by atoms with van der Waals surface area (Å²) in [6.45, 7) is 5.79. The van der Waals surface area contributed by atoms with Gasteiger partial charge in [0.2, 0.25) is 11.8 Å². The molecule has 0 unspecified atom stereocenters. The number of anilines is 1. The first-order valence-corrected chi connectivity index (χ1v) is 7.11. The summed E-state index contributed by atoms with van der Waals surface area (Å²) in [5.74, 6) is 0.876. The van der Waals surface area contributed by atoms with Crippen LogP contribution in [0.2, 0.25) is 0 Å². The van der Waals surface area contributed by atoms with Gasteiger partial charge in [-0.05, 0) is 23.6 Å². The highest BCUT2D eigenvalue weighted by molar-refractivity contribution is 5.95. The summed E-state index contributed by atoms with van der Waals surface area (Å²) in [4.78, 5) is 16.2. The number of nitrogens with two attached hydrogens (primary N) is 1. The van der Waals surface area contributed by atoms with Crippen LogP contribution in [-0.4, -0.2) is 16.9 Å². The normalized spacial score (nSPS) is 11.5. The number of hydrogen-bond acceptors (Lipinski definition) is 4. The molecule has 132 valence electrons. The molecule has 0 aliphatic rings. The van der Waals surface area contributed by atoms with Gasteiger partial charge in [-0.25, -0.2) is 4.98 Å². The van der Waals surface area contributed by atoms with Crippen LogP contribution in [0.5, 0.6) is 11.6 Å². The van der Waals surface area contributed by atoms with Crippen LogP contribution in [0, 0.1) is 5.41 Å². The van der Waals surface area contributed by atoms with Crippen molar-refractivity contribution in [3.05, 3.63) is 48.7 Å². The van der Waals surface area contributed by atoms with Crippen molar-refractivity contribution in [3.63, 3.8) is 0 Å². The van der Waals surface area contributed by atoms with Gasteiger partial charge in [-0.1, -0.05) is 32.9 Å². The van der Waals surface area contributed by atoms with Crippen LogP contribution in [0.25, 0.3) is 0 Å². The van der Waals surface area contributed by atoms with E-state index in [9.17, 15) is 4.79 Å². The first-order valence-electron chi connectivity index (χ1n) is 7.11. The molecule has 0 aliphatic heterocycles. The Morgan fingerprint density at radius 1 is 1.17 bits per heavy atom. The zero-order valence-corrected chi connectivity index (χ0v) is 15.5. The molecule has 0 saturated carbocycles. The maximum Gasteiger partial charge on any atom is 0.241 e. The maximum absolute atomic E-state index is 12.1. The zero-order chi connectivity index (χ0) is 16.2. The summed E-state index contributed by atoms with van der Waals surface area (Å²) in [5.41, 5.74) is 6.29. The van der Waals surface area contributed by atoms with Crippen molar-refractivity contribution in [2.75, 3.05) is 5.32 Å². The third-order valence-electron chi connectivity index (χ3n) is 3.18. The van der Waals surface area contributed by atoms with Crippen molar-refractivity contribution in [1.82, 2.24) is 4.98 Å². The molecule has 0 bridgehead atoms. The van der Waals surface area contributed by atoms with Crippen molar-refractivity contribution in [2.24, 2.45) is 11.1 Å². The molecule has 1 aromatic carbocycles.